The summed E-state index contributed by atoms with van der Waals surface area (Å²) in [7, 11) is 0. The Hall–Kier alpha value is -1.51. The lowest BCUT2D eigenvalue weighted by molar-refractivity contribution is -0.158. The van der Waals surface area contributed by atoms with Crippen molar-refractivity contribution in [2.75, 3.05) is 0 Å². The van der Waals surface area contributed by atoms with E-state index in [0.29, 0.717) is 5.75 Å². The summed E-state index contributed by atoms with van der Waals surface area (Å²) in [6.45, 7) is 5.60. The minimum Gasteiger partial charge on any atom is -0.478 e. The molecule has 1 rings (SSSR count). The molecule has 94 valence electrons. The Morgan fingerprint density at radius 1 is 1.41 bits per heavy atom. The van der Waals surface area contributed by atoms with Crippen LogP contribution in [0.2, 0.25) is 0 Å². The fraction of sp³-hybridized carbons (Fsp3) is 0.500. The molecule has 0 heterocycles. The summed E-state index contributed by atoms with van der Waals surface area (Å²) >= 11 is 0. The molecule has 0 aliphatic carbocycles. The van der Waals surface area contributed by atoms with Crippen LogP contribution in [-0.4, -0.2) is 16.7 Å². The standard InChI is InChI=1S/C14H20O3/c1-4-8-11(2)14(3,13(15)16)17-12-9-6-5-7-10-12/h5-7,9-11H,4,8H2,1-3H3,(H,15,16). The van der Waals surface area contributed by atoms with Crippen molar-refractivity contribution in [3.63, 3.8) is 0 Å². The number of rotatable bonds is 6. The summed E-state index contributed by atoms with van der Waals surface area (Å²) in [6, 6.07) is 9.10. The number of ether oxygens (including phenoxy) is 1. The second-order valence-electron chi connectivity index (χ2n) is 4.52. The molecule has 0 spiro atoms. The second-order valence-corrected chi connectivity index (χ2v) is 4.52. The predicted octanol–water partition coefficient (Wildman–Crippen LogP) is 3.34. The van der Waals surface area contributed by atoms with Crippen LogP contribution in [0.4, 0.5) is 0 Å². The number of carbonyl (C=O) groups is 1. The van der Waals surface area contributed by atoms with Gasteiger partial charge in [0, 0.05) is 5.92 Å². The Balaban J connectivity index is 2.89. The molecule has 0 fully saturated rings. The number of hydrogen-bond acceptors (Lipinski definition) is 2. The van der Waals surface area contributed by atoms with Gasteiger partial charge in [-0.2, -0.15) is 0 Å². The van der Waals surface area contributed by atoms with Crippen LogP contribution in [0.5, 0.6) is 5.75 Å². The van der Waals surface area contributed by atoms with E-state index in [4.69, 9.17) is 4.74 Å². The van der Waals surface area contributed by atoms with Crippen molar-refractivity contribution in [3.05, 3.63) is 30.3 Å². The van der Waals surface area contributed by atoms with E-state index in [1.807, 2.05) is 32.0 Å². The summed E-state index contributed by atoms with van der Waals surface area (Å²) in [5.41, 5.74) is -1.17. The van der Waals surface area contributed by atoms with Crippen molar-refractivity contribution in [3.8, 4) is 5.75 Å². The molecule has 17 heavy (non-hydrogen) atoms. The van der Waals surface area contributed by atoms with Crippen LogP contribution in [0.1, 0.15) is 33.6 Å². The smallest absolute Gasteiger partial charge is 0.348 e. The Kier molecular flexibility index (Phi) is 4.55. The maximum Gasteiger partial charge on any atom is 0.348 e. The molecule has 0 saturated carbocycles. The van der Waals surface area contributed by atoms with Crippen molar-refractivity contribution in [2.24, 2.45) is 5.92 Å². The number of carboxylic acids is 1. The summed E-state index contributed by atoms with van der Waals surface area (Å²) < 4.78 is 5.68. The van der Waals surface area contributed by atoms with Crippen LogP contribution in [0, 0.1) is 5.92 Å². The molecule has 2 unspecified atom stereocenters. The highest BCUT2D eigenvalue weighted by Gasteiger charge is 2.41. The molecule has 3 nitrogen and oxygen atoms in total. The molecule has 0 bridgehead atoms. The van der Waals surface area contributed by atoms with Crippen molar-refractivity contribution in [1.29, 1.82) is 0 Å². The van der Waals surface area contributed by atoms with Crippen molar-refractivity contribution >= 4 is 5.97 Å². The van der Waals surface area contributed by atoms with Gasteiger partial charge in [-0.1, -0.05) is 38.5 Å². The molecule has 0 aromatic heterocycles. The number of carboxylic acid groups (broad SMARTS) is 1. The zero-order valence-corrected chi connectivity index (χ0v) is 10.6. The fourth-order valence-electron chi connectivity index (χ4n) is 1.80. The number of aliphatic carboxylic acids is 1. The monoisotopic (exact) mass is 236 g/mol. The van der Waals surface area contributed by atoms with Crippen molar-refractivity contribution < 1.29 is 14.6 Å². The molecule has 3 heteroatoms. The summed E-state index contributed by atoms with van der Waals surface area (Å²) in [6.07, 6.45) is 1.78. The van der Waals surface area contributed by atoms with Gasteiger partial charge in [0.1, 0.15) is 5.75 Å². The molecule has 0 amide bonds. The minimum absolute atomic E-state index is 0.0368. The first-order valence-electron chi connectivity index (χ1n) is 5.98. The fourth-order valence-corrected chi connectivity index (χ4v) is 1.80. The lowest BCUT2D eigenvalue weighted by Gasteiger charge is -2.32. The molecule has 1 N–H and O–H groups in total. The molecule has 0 aliphatic heterocycles. The van der Waals surface area contributed by atoms with Gasteiger partial charge in [0.2, 0.25) is 5.60 Å². The first-order valence-corrected chi connectivity index (χ1v) is 5.98. The first kappa shape index (κ1) is 13.6. The Morgan fingerprint density at radius 2 is 2.00 bits per heavy atom. The summed E-state index contributed by atoms with van der Waals surface area (Å²) in [5.74, 6) is -0.354. The zero-order chi connectivity index (χ0) is 12.9. The van der Waals surface area contributed by atoms with E-state index >= 15 is 0 Å². The highest BCUT2D eigenvalue weighted by molar-refractivity contribution is 5.77. The SMILES string of the molecule is CCCC(C)C(C)(Oc1ccccc1)C(=O)O. The van der Waals surface area contributed by atoms with Gasteiger partial charge in [-0.3, -0.25) is 0 Å². The largest absolute Gasteiger partial charge is 0.478 e. The molecular formula is C14H20O3. The average Bonchev–Trinajstić information content (AvgIpc) is 2.30. The quantitative estimate of drug-likeness (QED) is 0.824. The van der Waals surface area contributed by atoms with E-state index in [1.54, 1.807) is 19.1 Å². The van der Waals surface area contributed by atoms with Gasteiger partial charge in [-0.05, 0) is 25.5 Å². The second kappa shape index (κ2) is 5.71. The van der Waals surface area contributed by atoms with Crippen molar-refractivity contribution in [2.45, 2.75) is 39.2 Å². The van der Waals surface area contributed by atoms with Crippen LogP contribution in [0.15, 0.2) is 30.3 Å². The van der Waals surface area contributed by atoms with Gasteiger partial charge in [-0.25, -0.2) is 4.79 Å². The maximum absolute atomic E-state index is 11.4. The zero-order valence-electron chi connectivity index (χ0n) is 10.6. The lowest BCUT2D eigenvalue weighted by atomic mass is 9.87. The molecule has 2 atom stereocenters. The third-order valence-corrected chi connectivity index (χ3v) is 3.16. The van der Waals surface area contributed by atoms with Crippen LogP contribution < -0.4 is 4.74 Å². The Morgan fingerprint density at radius 3 is 2.47 bits per heavy atom. The number of hydrogen-bond donors (Lipinski definition) is 1. The van der Waals surface area contributed by atoms with E-state index < -0.39 is 11.6 Å². The first-order chi connectivity index (χ1) is 8.00. The highest BCUT2D eigenvalue weighted by atomic mass is 16.5. The molecule has 1 aromatic carbocycles. The van der Waals surface area contributed by atoms with E-state index in [2.05, 4.69) is 0 Å². The highest BCUT2D eigenvalue weighted by Crippen LogP contribution is 2.28. The minimum atomic E-state index is -1.17. The van der Waals surface area contributed by atoms with Crippen LogP contribution in [0.3, 0.4) is 0 Å². The lowest BCUT2D eigenvalue weighted by Crippen LogP contribution is -2.47. The topological polar surface area (TPSA) is 46.5 Å². The maximum atomic E-state index is 11.4. The molecule has 0 radical (unpaired) electrons. The van der Waals surface area contributed by atoms with Crippen LogP contribution in [-0.2, 0) is 4.79 Å². The van der Waals surface area contributed by atoms with Gasteiger partial charge in [0.05, 0.1) is 0 Å². The van der Waals surface area contributed by atoms with Gasteiger partial charge in [0.25, 0.3) is 0 Å². The van der Waals surface area contributed by atoms with Gasteiger partial charge in [0.15, 0.2) is 0 Å². The summed E-state index contributed by atoms with van der Waals surface area (Å²) in [5, 5.41) is 9.37. The van der Waals surface area contributed by atoms with E-state index in [0.717, 1.165) is 12.8 Å². The molecule has 0 saturated heterocycles. The van der Waals surface area contributed by atoms with E-state index in [1.165, 1.54) is 0 Å². The van der Waals surface area contributed by atoms with Gasteiger partial charge < -0.3 is 9.84 Å². The molecule has 1 aromatic rings. The van der Waals surface area contributed by atoms with Crippen LogP contribution in [0.25, 0.3) is 0 Å². The van der Waals surface area contributed by atoms with Crippen molar-refractivity contribution in [1.82, 2.24) is 0 Å². The molecular weight excluding hydrogens is 216 g/mol. The number of benzene rings is 1. The van der Waals surface area contributed by atoms with Gasteiger partial charge in [-0.15, -0.1) is 0 Å². The van der Waals surface area contributed by atoms with E-state index in [-0.39, 0.29) is 5.92 Å². The van der Waals surface area contributed by atoms with Gasteiger partial charge >= 0.3 is 5.97 Å². The summed E-state index contributed by atoms with van der Waals surface area (Å²) in [4.78, 5) is 11.4. The third kappa shape index (κ3) is 3.22. The predicted molar refractivity (Wildman–Crippen MR) is 67.2 cm³/mol. The number of para-hydroxylation sites is 1. The average molecular weight is 236 g/mol. The molecule has 0 aliphatic rings. The van der Waals surface area contributed by atoms with E-state index in [9.17, 15) is 9.90 Å². The Labute approximate surface area is 102 Å². The third-order valence-electron chi connectivity index (χ3n) is 3.16. The Bertz CT molecular complexity index is 361. The van der Waals surface area contributed by atoms with Crippen LogP contribution >= 0.6 is 0 Å². The normalized spacial score (nSPS) is 15.9.